The van der Waals surface area contributed by atoms with E-state index in [1.807, 2.05) is 12.1 Å². The van der Waals surface area contributed by atoms with E-state index in [2.05, 4.69) is 13.8 Å². The highest BCUT2D eigenvalue weighted by Gasteiger charge is 2.09. The van der Waals surface area contributed by atoms with E-state index in [1.54, 1.807) is 6.07 Å². The van der Waals surface area contributed by atoms with Gasteiger partial charge in [-0.15, -0.1) is 0 Å². The number of Topliss-reactive ketones (excluding diaryl/α,β-unsaturated/α-hetero) is 1. The first kappa shape index (κ1) is 15.8. The molecular weight excluding hydrogens is 250 g/mol. The van der Waals surface area contributed by atoms with Crippen LogP contribution in [0.4, 0.5) is 8.78 Å². The Balaban J connectivity index is 2.57. The van der Waals surface area contributed by atoms with Crippen molar-refractivity contribution in [2.24, 2.45) is 0 Å². The van der Waals surface area contributed by atoms with Gasteiger partial charge in [-0.25, -0.2) is 8.78 Å². The summed E-state index contributed by atoms with van der Waals surface area (Å²) >= 11 is 0. The summed E-state index contributed by atoms with van der Waals surface area (Å²) in [6.45, 7) is 3.56. The van der Waals surface area contributed by atoms with Crippen molar-refractivity contribution >= 4 is 5.78 Å². The molecule has 0 aromatic heterocycles. The Morgan fingerprint density at radius 1 is 1.21 bits per heavy atom. The highest BCUT2D eigenvalue weighted by Crippen LogP contribution is 2.15. The summed E-state index contributed by atoms with van der Waals surface area (Å²) in [5, 5.41) is 0. The molecule has 0 aliphatic carbocycles. The van der Waals surface area contributed by atoms with Crippen LogP contribution in [-0.4, -0.2) is 25.4 Å². The van der Waals surface area contributed by atoms with E-state index in [0.717, 1.165) is 12.8 Å². The first-order chi connectivity index (χ1) is 9.08. The van der Waals surface area contributed by atoms with Crippen molar-refractivity contribution in [1.29, 1.82) is 0 Å². The molecule has 0 amide bonds. The zero-order chi connectivity index (χ0) is 14.3. The molecule has 0 heterocycles. The molecule has 0 N–H and O–H groups in total. The fourth-order valence-electron chi connectivity index (χ4n) is 1.96. The number of alkyl halides is 2. The summed E-state index contributed by atoms with van der Waals surface area (Å²) in [6, 6.07) is 5.66. The van der Waals surface area contributed by atoms with Gasteiger partial charge in [0.15, 0.2) is 5.78 Å². The third-order valence-corrected chi connectivity index (χ3v) is 3.01. The minimum Gasteiger partial charge on any atom is -0.375 e. The molecule has 1 rings (SSSR count). The Kier molecular flexibility index (Phi) is 6.64. The lowest BCUT2D eigenvalue weighted by Crippen LogP contribution is -2.10. The molecule has 0 fully saturated rings. The molecule has 0 aliphatic heterocycles. The third-order valence-electron chi connectivity index (χ3n) is 3.01. The predicted octanol–water partition coefficient (Wildman–Crippen LogP) is 3.67. The fraction of sp³-hybridized carbons (Fsp3) is 0.533. The molecular formula is C15H20F2O2. The average Bonchev–Trinajstić information content (AvgIpc) is 2.42. The molecule has 106 valence electrons. The van der Waals surface area contributed by atoms with Gasteiger partial charge < -0.3 is 4.74 Å². The van der Waals surface area contributed by atoms with Crippen molar-refractivity contribution in [3.8, 4) is 0 Å². The second-order valence-corrected chi connectivity index (χ2v) is 4.33. The van der Waals surface area contributed by atoms with E-state index in [4.69, 9.17) is 4.74 Å². The molecule has 1 aromatic rings. The van der Waals surface area contributed by atoms with Gasteiger partial charge in [-0.2, -0.15) is 0 Å². The van der Waals surface area contributed by atoms with Gasteiger partial charge in [0.05, 0.1) is 6.61 Å². The van der Waals surface area contributed by atoms with Crippen molar-refractivity contribution in [3.63, 3.8) is 0 Å². The average molecular weight is 270 g/mol. The quantitative estimate of drug-likeness (QED) is 0.532. The SMILES string of the molecule is CCc1ccc(C(=O)CCOCC(F)F)cc1CC. The van der Waals surface area contributed by atoms with E-state index in [9.17, 15) is 13.6 Å². The third kappa shape index (κ3) is 5.07. The number of benzene rings is 1. The second kappa shape index (κ2) is 8.00. The lowest BCUT2D eigenvalue weighted by atomic mass is 9.97. The van der Waals surface area contributed by atoms with Crippen LogP contribution in [0.15, 0.2) is 18.2 Å². The lowest BCUT2D eigenvalue weighted by molar-refractivity contribution is 0.0170. The largest absolute Gasteiger partial charge is 0.375 e. The van der Waals surface area contributed by atoms with Gasteiger partial charge in [0, 0.05) is 12.0 Å². The number of rotatable bonds is 8. The predicted molar refractivity (Wildman–Crippen MR) is 71.0 cm³/mol. The van der Waals surface area contributed by atoms with Crippen LogP contribution < -0.4 is 0 Å². The highest BCUT2D eigenvalue weighted by atomic mass is 19.3. The minimum atomic E-state index is -2.48. The maximum Gasteiger partial charge on any atom is 0.261 e. The Bertz CT molecular complexity index is 417. The topological polar surface area (TPSA) is 26.3 Å². The van der Waals surface area contributed by atoms with Crippen LogP contribution in [0, 0.1) is 0 Å². The number of ether oxygens (including phenoxy) is 1. The van der Waals surface area contributed by atoms with Crippen molar-refractivity contribution in [1.82, 2.24) is 0 Å². The minimum absolute atomic E-state index is 0.0418. The van der Waals surface area contributed by atoms with Crippen LogP contribution in [0.25, 0.3) is 0 Å². The maximum absolute atomic E-state index is 11.9. The highest BCUT2D eigenvalue weighted by molar-refractivity contribution is 5.96. The van der Waals surface area contributed by atoms with Crippen LogP contribution in [0.2, 0.25) is 0 Å². The Morgan fingerprint density at radius 3 is 2.47 bits per heavy atom. The van der Waals surface area contributed by atoms with Gasteiger partial charge in [-0.1, -0.05) is 26.0 Å². The summed E-state index contributed by atoms with van der Waals surface area (Å²) in [7, 11) is 0. The van der Waals surface area contributed by atoms with Crippen molar-refractivity contribution in [2.75, 3.05) is 13.2 Å². The number of carbonyl (C=O) groups excluding carboxylic acids is 1. The van der Waals surface area contributed by atoms with E-state index in [-0.39, 0.29) is 18.8 Å². The van der Waals surface area contributed by atoms with Gasteiger partial charge in [0.2, 0.25) is 0 Å². The van der Waals surface area contributed by atoms with Crippen LogP contribution in [-0.2, 0) is 17.6 Å². The molecule has 1 aromatic carbocycles. The molecule has 19 heavy (non-hydrogen) atoms. The first-order valence-corrected chi connectivity index (χ1v) is 6.59. The number of hydrogen-bond acceptors (Lipinski definition) is 2. The Hall–Kier alpha value is -1.29. The van der Waals surface area contributed by atoms with Gasteiger partial charge in [-0.3, -0.25) is 4.79 Å². The molecule has 0 saturated heterocycles. The second-order valence-electron chi connectivity index (χ2n) is 4.33. The monoisotopic (exact) mass is 270 g/mol. The number of aryl methyl sites for hydroxylation is 2. The Morgan fingerprint density at radius 2 is 1.89 bits per heavy atom. The standard InChI is InChI=1S/C15H20F2O2/c1-3-11-5-6-13(9-12(11)4-2)14(18)7-8-19-10-15(16)17/h5-6,9,15H,3-4,7-8,10H2,1-2H3. The molecule has 0 atom stereocenters. The molecule has 0 bridgehead atoms. The van der Waals surface area contributed by atoms with Crippen molar-refractivity contribution in [2.45, 2.75) is 39.5 Å². The number of hydrogen-bond donors (Lipinski definition) is 0. The van der Waals surface area contributed by atoms with Crippen LogP contribution >= 0.6 is 0 Å². The van der Waals surface area contributed by atoms with Gasteiger partial charge in [0.25, 0.3) is 6.43 Å². The van der Waals surface area contributed by atoms with E-state index < -0.39 is 13.0 Å². The number of carbonyl (C=O) groups is 1. The van der Waals surface area contributed by atoms with Gasteiger partial charge in [-0.05, 0) is 30.0 Å². The summed E-state index contributed by atoms with van der Waals surface area (Å²) in [5.41, 5.74) is 3.05. The Labute approximate surface area is 112 Å². The van der Waals surface area contributed by atoms with Crippen molar-refractivity contribution < 1.29 is 18.3 Å². The zero-order valence-electron chi connectivity index (χ0n) is 11.4. The van der Waals surface area contributed by atoms with Crippen molar-refractivity contribution in [3.05, 3.63) is 34.9 Å². The van der Waals surface area contributed by atoms with Gasteiger partial charge in [0.1, 0.15) is 6.61 Å². The molecule has 0 spiro atoms. The summed E-state index contributed by atoms with van der Waals surface area (Å²) in [4.78, 5) is 11.9. The molecule has 4 heteroatoms. The molecule has 0 aliphatic rings. The molecule has 0 saturated carbocycles. The normalized spacial score (nSPS) is 11.0. The van der Waals surface area contributed by atoms with E-state index >= 15 is 0 Å². The van der Waals surface area contributed by atoms with E-state index in [0.29, 0.717) is 5.56 Å². The molecule has 0 unspecified atom stereocenters. The van der Waals surface area contributed by atoms with Gasteiger partial charge >= 0.3 is 0 Å². The van der Waals surface area contributed by atoms with Crippen LogP contribution in [0.1, 0.15) is 41.8 Å². The maximum atomic E-state index is 11.9. The summed E-state index contributed by atoms with van der Waals surface area (Å²) < 4.78 is 28.4. The first-order valence-electron chi connectivity index (χ1n) is 6.59. The summed E-state index contributed by atoms with van der Waals surface area (Å²) in [5.74, 6) is -0.0633. The zero-order valence-corrected chi connectivity index (χ0v) is 11.4. The summed E-state index contributed by atoms with van der Waals surface area (Å²) in [6.07, 6.45) is -0.520. The van der Waals surface area contributed by atoms with Crippen LogP contribution in [0.5, 0.6) is 0 Å². The van der Waals surface area contributed by atoms with Crippen LogP contribution in [0.3, 0.4) is 0 Å². The van der Waals surface area contributed by atoms with E-state index in [1.165, 1.54) is 11.1 Å². The number of ketones is 1. The lowest BCUT2D eigenvalue weighted by Gasteiger charge is -2.08. The number of halogens is 2. The smallest absolute Gasteiger partial charge is 0.261 e. The molecule has 2 nitrogen and oxygen atoms in total. The molecule has 0 radical (unpaired) electrons. The fourth-order valence-corrected chi connectivity index (χ4v) is 1.96.